The first-order chi connectivity index (χ1) is 8.40. The lowest BCUT2D eigenvalue weighted by Gasteiger charge is -2.16. The number of halogens is 4. The molecule has 0 saturated heterocycles. The quantitative estimate of drug-likeness (QED) is 0.379. The van der Waals surface area contributed by atoms with Gasteiger partial charge in [-0.15, -0.1) is 11.8 Å². The maximum Gasteiger partial charge on any atom is 0.419 e. The molecule has 18 heavy (non-hydrogen) atoms. The van der Waals surface area contributed by atoms with Crippen molar-refractivity contribution in [1.29, 1.82) is 0 Å². The van der Waals surface area contributed by atoms with Crippen LogP contribution in [0.15, 0.2) is 18.2 Å². The molecule has 0 aromatic heterocycles. The molecular weight excluding hydrogens is 248 g/mol. The summed E-state index contributed by atoms with van der Waals surface area (Å²) in [5.74, 6) is 9.27. The summed E-state index contributed by atoms with van der Waals surface area (Å²) < 4.78 is 50.7. The van der Waals surface area contributed by atoms with Crippen molar-refractivity contribution in [3.63, 3.8) is 0 Å². The van der Waals surface area contributed by atoms with Crippen LogP contribution in [-0.2, 0) is 6.18 Å². The van der Waals surface area contributed by atoms with Crippen molar-refractivity contribution >= 4 is 0 Å². The van der Waals surface area contributed by atoms with Crippen LogP contribution in [0.5, 0.6) is 0 Å². The van der Waals surface area contributed by atoms with Crippen LogP contribution in [0.1, 0.15) is 30.5 Å². The molecule has 6 heteroatoms. The summed E-state index contributed by atoms with van der Waals surface area (Å²) >= 11 is 0. The van der Waals surface area contributed by atoms with Crippen LogP contribution in [0.3, 0.4) is 0 Å². The van der Waals surface area contributed by atoms with E-state index in [0.717, 1.165) is 12.1 Å². The molecule has 0 aliphatic rings. The van der Waals surface area contributed by atoms with Gasteiger partial charge in [-0.05, 0) is 24.6 Å². The SMILES string of the molecule is CC#CCC(NN)c1ccc(F)c(C(F)(F)F)c1. The molecule has 0 heterocycles. The summed E-state index contributed by atoms with van der Waals surface area (Å²) in [7, 11) is 0. The minimum Gasteiger partial charge on any atom is -0.271 e. The van der Waals surface area contributed by atoms with Gasteiger partial charge in [0.15, 0.2) is 0 Å². The Labute approximate surface area is 102 Å². The first-order valence-electron chi connectivity index (χ1n) is 5.12. The smallest absolute Gasteiger partial charge is 0.271 e. The van der Waals surface area contributed by atoms with Crippen molar-refractivity contribution in [3.05, 3.63) is 35.1 Å². The predicted molar refractivity (Wildman–Crippen MR) is 59.5 cm³/mol. The number of hydrazine groups is 1. The molecule has 0 radical (unpaired) electrons. The maximum absolute atomic E-state index is 13.1. The van der Waals surface area contributed by atoms with E-state index in [-0.39, 0.29) is 12.0 Å². The van der Waals surface area contributed by atoms with Crippen LogP contribution < -0.4 is 11.3 Å². The van der Waals surface area contributed by atoms with Crippen molar-refractivity contribution in [2.45, 2.75) is 25.6 Å². The molecule has 98 valence electrons. The average Bonchev–Trinajstić information content (AvgIpc) is 2.30. The number of alkyl halides is 3. The normalized spacial score (nSPS) is 12.8. The summed E-state index contributed by atoms with van der Waals surface area (Å²) in [6.45, 7) is 1.61. The van der Waals surface area contributed by atoms with E-state index in [1.807, 2.05) is 0 Å². The highest BCUT2D eigenvalue weighted by Gasteiger charge is 2.34. The molecule has 0 saturated carbocycles. The van der Waals surface area contributed by atoms with Crippen molar-refractivity contribution < 1.29 is 17.6 Å². The first-order valence-corrected chi connectivity index (χ1v) is 5.12. The Hall–Kier alpha value is -1.58. The zero-order valence-corrected chi connectivity index (χ0v) is 9.61. The van der Waals surface area contributed by atoms with E-state index in [0.29, 0.717) is 0 Å². The monoisotopic (exact) mass is 260 g/mol. The Morgan fingerprint density at radius 1 is 1.39 bits per heavy atom. The van der Waals surface area contributed by atoms with E-state index in [4.69, 9.17) is 5.84 Å². The third kappa shape index (κ3) is 3.45. The molecule has 0 fully saturated rings. The minimum absolute atomic E-state index is 0.244. The van der Waals surface area contributed by atoms with Crippen LogP contribution in [0.2, 0.25) is 0 Å². The summed E-state index contributed by atoms with van der Waals surface area (Å²) in [6.07, 6.45) is -4.48. The molecule has 0 amide bonds. The highest BCUT2D eigenvalue weighted by atomic mass is 19.4. The van der Waals surface area contributed by atoms with Crippen LogP contribution >= 0.6 is 0 Å². The standard InChI is InChI=1S/C12H12F4N2/c1-2-3-4-11(18-17)8-5-6-10(13)9(7-8)12(14,15)16/h5-7,11,18H,4,17H2,1H3. The van der Waals surface area contributed by atoms with Crippen molar-refractivity contribution in [3.8, 4) is 11.8 Å². The lowest BCUT2D eigenvalue weighted by molar-refractivity contribution is -0.140. The Balaban J connectivity index is 3.12. The number of nitrogens with one attached hydrogen (secondary N) is 1. The second kappa shape index (κ2) is 5.85. The van der Waals surface area contributed by atoms with E-state index in [2.05, 4.69) is 17.3 Å². The molecule has 1 atom stereocenters. The second-order valence-electron chi connectivity index (χ2n) is 3.59. The van der Waals surface area contributed by atoms with E-state index in [9.17, 15) is 17.6 Å². The Morgan fingerprint density at radius 2 is 2.06 bits per heavy atom. The molecule has 1 rings (SSSR count). The number of rotatable bonds is 3. The molecule has 0 aliphatic heterocycles. The highest BCUT2D eigenvalue weighted by molar-refractivity contribution is 5.30. The molecule has 3 N–H and O–H groups in total. The van der Waals surface area contributed by atoms with Crippen LogP contribution in [0.4, 0.5) is 17.6 Å². The molecule has 2 nitrogen and oxygen atoms in total. The molecule has 0 bridgehead atoms. The Bertz CT molecular complexity index is 471. The summed E-state index contributed by atoms with van der Waals surface area (Å²) in [5, 5.41) is 0. The van der Waals surface area contributed by atoms with E-state index < -0.39 is 23.6 Å². The summed E-state index contributed by atoms with van der Waals surface area (Å²) in [5.41, 5.74) is 1.30. The second-order valence-corrected chi connectivity index (χ2v) is 3.59. The fraction of sp³-hybridized carbons (Fsp3) is 0.333. The van der Waals surface area contributed by atoms with E-state index in [1.165, 1.54) is 6.07 Å². The van der Waals surface area contributed by atoms with Gasteiger partial charge in [-0.25, -0.2) is 4.39 Å². The van der Waals surface area contributed by atoms with Gasteiger partial charge in [-0.3, -0.25) is 11.3 Å². The third-order valence-corrected chi connectivity index (χ3v) is 2.38. The van der Waals surface area contributed by atoms with Crippen molar-refractivity contribution in [2.24, 2.45) is 5.84 Å². The van der Waals surface area contributed by atoms with Gasteiger partial charge < -0.3 is 0 Å². The summed E-state index contributed by atoms with van der Waals surface area (Å²) in [6, 6.07) is 2.21. The molecule has 1 aromatic carbocycles. The van der Waals surface area contributed by atoms with Crippen molar-refractivity contribution in [1.82, 2.24) is 5.43 Å². The Kier molecular flexibility index (Phi) is 4.70. The topological polar surface area (TPSA) is 38.0 Å². The van der Waals surface area contributed by atoms with Gasteiger partial charge in [-0.1, -0.05) is 6.07 Å². The van der Waals surface area contributed by atoms with E-state index in [1.54, 1.807) is 6.92 Å². The molecule has 1 aromatic rings. The fourth-order valence-electron chi connectivity index (χ4n) is 1.45. The maximum atomic E-state index is 13.1. The van der Waals surface area contributed by atoms with Gasteiger partial charge in [0.1, 0.15) is 5.82 Å². The number of hydrogen-bond donors (Lipinski definition) is 2. The van der Waals surface area contributed by atoms with Crippen LogP contribution in [0, 0.1) is 17.7 Å². The molecule has 0 spiro atoms. The third-order valence-electron chi connectivity index (χ3n) is 2.38. The molecule has 1 unspecified atom stereocenters. The zero-order chi connectivity index (χ0) is 13.8. The first kappa shape index (κ1) is 14.5. The number of benzene rings is 1. The number of nitrogens with two attached hydrogens (primary N) is 1. The highest BCUT2D eigenvalue weighted by Crippen LogP contribution is 2.33. The largest absolute Gasteiger partial charge is 0.419 e. The fourth-order valence-corrected chi connectivity index (χ4v) is 1.45. The Morgan fingerprint density at radius 3 is 2.56 bits per heavy atom. The van der Waals surface area contributed by atoms with Crippen LogP contribution in [0.25, 0.3) is 0 Å². The van der Waals surface area contributed by atoms with Crippen LogP contribution in [-0.4, -0.2) is 0 Å². The molecular formula is C12H12F4N2. The zero-order valence-electron chi connectivity index (χ0n) is 9.61. The van der Waals surface area contributed by atoms with Gasteiger partial charge in [0, 0.05) is 6.42 Å². The lowest BCUT2D eigenvalue weighted by atomic mass is 10.0. The molecule has 0 aliphatic carbocycles. The van der Waals surface area contributed by atoms with Gasteiger partial charge in [0.2, 0.25) is 0 Å². The predicted octanol–water partition coefficient (Wildman–Crippen LogP) is 2.76. The van der Waals surface area contributed by atoms with Gasteiger partial charge >= 0.3 is 6.18 Å². The van der Waals surface area contributed by atoms with E-state index >= 15 is 0 Å². The minimum atomic E-state index is -4.73. The van der Waals surface area contributed by atoms with Gasteiger partial charge in [0.25, 0.3) is 0 Å². The lowest BCUT2D eigenvalue weighted by Crippen LogP contribution is -2.28. The number of hydrogen-bond acceptors (Lipinski definition) is 2. The summed E-state index contributed by atoms with van der Waals surface area (Å²) in [4.78, 5) is 0. The van der Waals surface area contributed by atoms with Gasteiger partial charge in [-0.2, -0.15) is 13.2 Å². The van der Waals surface area contributed by atoms with Crippen molar-refractivity contribution in [2.75, 3.05) is 0 Å². The van der Waals surface area contributed by atoms with Gasteiger partial charge in [0.05, 0.1) is 11.6 Å². The average molecular weight is 260 g/mol.